The first-order chi connectivity index (χ1) is 6.15. The average molecular weight is 180 g/mol. The lowest BCUT2D eigenvalue weighted by atomic mass is 9.99. The fourth-order valence-corrected chi connectivity index (χ4v) is 1.59. The van der Waals surface area contributed by atoms with Gasteiger partial charge in [-0.1, -0.05) is 13.8 Å². The molecule has 1 atom stereocenters. The summed E-state index contributed by atoms with van der Waals surface area (Å²) in [5, 5.41) is 11.2. The van der Waals surface area contributed by atoms with E-state index in [1.165, 1.54) is 12.8 Å². The summed E-state index contributed by atoms with van der Waals surface area (Å²) in [4.78, 5) is 11.2. The Kier molecular flexibility index (Phi) is 3.30. The van der Waals surface area contributed by atoms with E-state index in [1.54, 1.807) is 0 Å². The molecule has 1 N–H and O–H groups in total. The SMILES string of the molecule is CC(C)C(NC(=O)CC#N)C1CC1. The quantitative estimate of drug-likeness (QED) is 0.712. The van der Waals surface area contributed by atoms with Gasteiger partial charge in [0, 0.05) is 6.04 Å². The van der Waals surface area contributed by atoms with Crippen LogP contribution in [-0.4, -0.2) is 11.9 Å². The fraction of sp³-hybridized carbons (Fsp3) is 0.800. The van der Waals surface area contributed by atoms with E-state index in [2.05, 4.69) is 19.2 Å². The predicted octanol–water partition coefficient (Wildman–Crippen LogP) is 1.45. The van der Waals surface area contributed by atoms with Gasteiger partial charge in [0.15, 0.2) is 0 Å². The molecular formula is C10H16N2O. The summed E-state index contributed by atoms with van der Waals surface area (Å²) in [6.07, 6.45) is 2.42. The highest BCUT2D eigenvalue weighted by Crippen LogP contribution is 2.35. The normalized spacial score (nSPS) is 18.0. The van der Waals surface area contributed by atoms with E-state index >= 15 is 0 Å². The topological polar surface area (TPSA) is 52.9 Å². The van der Waals surface area contributed by atoms with Gasteiger partial charge < -0.3 is 5.32 Å². The molecule has 1 saturated carbocycles. The van der Waals surface area contributed by atoms with E-state index in [1.807, 2.05) is 6.07 Å². The van der Waals surface area contributed by atoms with Crippen LogP contribution < -0.4 is 5.32 Å². The summed E-state index contributed by atoms with van der Waals surface area (Å²) in [6.45, 7) is 4.21. The molecule has 3 heteroatoms. The van der Waals surface area contributed by atoms with Crippen molar-refractivity contribution in [3.63, 3.8) is 0 Å². The van der Waals surface area contributed by atoms with Crippen LogP contribution in [-0.2, 0) is 4.79 Å². The van der Waals surface area contributed by atoms with E-state index < -0.39 is 0 Å². The smallest absolute Gasteiger partial charge is 0.234 e. The number of hydrogen-bond acceptors (Lipinski definition) is 2. The van der Waals surface area contributed by atoms with Gasteiger partial charge in [0.1, 0.15) is 6.42 Å². The number of nitrogens with one attached hydrogen (secondary N) is 1. The summed E-state index contributed by atoms with van der Waals surface area (Å²) in [5.74, 6) is 0.992. The Labute approximate surface area is 79.1 Å². The minimum absolute atomic E-state index is 0.0179. The zero-order chi connectivity index (χ0) is 9.84. The number of hydrogen-bond donors (Lipinski definition) is 1. The molecule has 0 aromatic heterocycles. The molecule has 0 heterocycles. The molecule has 3 nitrogen and oxygen atoms in total. The molecule has 1 aliphatic carbocycles. The largest absolute Gasteiger partial charge is 0.352 e. The Morgan fingerprint density at radius 1 is 1.62 bits per heavy atom. The third-order valence-corrected chi connectivity index (χ3v) is 2.42. The van der Waals surface area contributed by atoms with Crippen LogP contribution >= 0.6 is 0 Å². The molecule has 1 fully saturated rings. The van der Waals surface area contributed by atoms with Crippen molar-refractivity contribution in [2.75, 3.05) is 0 Å². The highest BCUT2D eigenvalue weighted by molar-refractivity contribution is 5.78. The zero-order valence-electron chi connectivity index (χ0n) is 8.21. The molecule has 1 aliphatic rings. The van der Waals surface area contributed by atoms with Crippen molar-refractivity contribution in [1.82, 2.24) is 5.32 Å². The average Bonchev–Trinajstić information content (AvgIpc) is 2.82. The maximum Gasteiger partial charge on any atom is 0.234 e. The molecule has 0 saturated heterocycles. The Bertz CT molecular complexity index is 224. The Morgan fingerprint density at radius 2 is 2.23 bits per heavy atom. The molecule has 1 rings (SSSR count). The van der Waals surface area contributed by atoms with E-state index in [4.69, 9.17) is 5.26 Å². The van der Waals surface area contributed by atoms with Crippen molar-refractivity contribution in [3.8, 4) is 6.07 Å². The van der Waals surface area contributed by atoms with Crippen molar-refractivity contribution >= 4 is 5.91 Å². The van der Waals surface area contributed by atoms with Gasteiger partial charge in [-0.2, -0.15) is 5.26 Å². The van der Waals surface area contributed by atoms with Crippen LogP contribution in [0.3, 0.4) is 0 Å². The number of carbonyl (C=O) groups is 1. The van der Waals surface area contributed by atoms with Crippen molar-refractivity contribution in [3.05, 3.63) is 0 Å². The third kappa shape index (κ3) is 3.06. The first kappa shape index (κ1) is 10.0. The molecule has 0 radical (unpaired) electrons. The zero-order valence-corrected chi connectivity index (χ0v) is 8.21. The predicted molar refractivity (Wildman–Crippen MR) is 49.7 cm³/mol. The summed E-state index contributed by atoms with van der Waals surface area (Å²) >= 11 is 0. The minimum Gasteiger partial charge on any atom is -0.352 e. The van der Waals surface area contributed by atoms with Gasteiger partial charge in [-0.3, -0.25) is 4.79 Å². The van der Waals surface area contributed by atoms with Crippen LogP contribution in [0.2, 0.25) is 0 Å². The highest BCUT2D eigenvalue weighted by Gasteiger charge is 2.33. The number of rotatable bonds is 4. The molecule has 0 aromatic rings. The second-order valence-electron chi connectivity index (χ2n) is 4.01. The van der Waals surface area contributed by atoms with Gasteiger partial charge in [0.05, 0.1) is 6.07 Å². The van der Waals surface area contributed by atoms with Crippen molar-refractivity contribution in [2.45, 2.75) is 39.2 Å². The van der Waals surface area contributed by atoms with Gasteiger partial charge in [-0.25, -0.2) is 0 Å². The summed E-state index contributed by atoms with van der Waals surface area (Å²) in [5.41, 5.74) is 0. The van der Waals surface area contributed by atoms with Gasteiger partial charge >= 0.3 is 0 Å². The third-order valence-electron chi connectivity index (χ3n) is 2.42. The van der Waals surface area contributed by atoms with E-state index in [9.17, 15) is 4.79 Å². The van der Waals surface area contributed by atoms with Crippen molar-refractivity contribution < 1.29 is 4.79 Å². The van der Waals surface area contributed by atoms with Gasteiger partial charge in [-0.15, -0.1) is 0 Å². The summed E-state index contributed by atoms with van der Waals surface area (Å²) in [6, 6.07) is 2.14. The molecule has 72 valence electrons. The second kappa shape index (κ2) is 4.27. The Hall–Kier alpha value is -1.04. The van der Waals surface area contributed by atoms with Crippen LogP contribution in [0.1, 0.15) is 33.1 Å². The molecule has 0 aromatic carbocycles. The number of nitrogens with zero attached hydrogens (tertiary/aromatic N) is 1. The molecule has 0 spiro atoms. The molecular weight excluding hydrogens is 164 g/mol. The van der Waals surface area contributed by atoms with Gasteiger partial charge in [-0.05, 0) is 24.7 Å². The second-order valence-corrected chi connectivity index (χ2v) is 4.01. The van der Waals surface area contributed by atoms with E-state index in [-0.39, 0.29) is 18.4 Å². The molecule has 0 aliphatic heterocycles. The lowest BCUT2D eigenvalue weighted by Crippen LogP contribution is -2.39. The standard InChI is InChI=1S/C10H16N2O/c1-7(2)10(8-3-4-8)12-9(13)5-6-11/h7-8,10H,3-5H2,1-2H3,(H,12,13). The molecule has 13 heavy (non-hydrogen) atoms. The lowest BCUT2D eigenvalue weighted by Gasteiger charge is -2.21. The van der Waals surface area contributed by atoms with Gasteiger partial charge in [0.2, 0.25) is 5.91 Å². The van der Waals surface area contributed by atoms with Crippen LogP contribution in [0.25, 0.3) is 0 Å². The molecule has 0 bridgehead atoms. The minimum atomic E-state index is -0.131. The summed E-state index contributed by atoms with van der Waals surface area (Å²) in [7, 11) is 0. The fourth-order valence-electron chi connectivity index (χ4n) is 1.59. The number of nitriles is 1. The van der Waals surface area contributed by atoms with Crippen molar-refractivity contribution in [2.24, 2.45) is 11.8 Å². The maximum absolute atomic E-state index is 11.2. The lowest BCUT2D eigenvalue weighted by molar-refractivity contribution is -0.121. The Balaban J connectivity index is 2.38. The van der Waals surface area contributed by atoms with E-state index in [0.717, 1.165) is 0 Å². The van der Waals surface area contributed by atoms with Gasteiger partial charge in [0.25, 0.3) is 0 Å². The molecule has 1 amide bonds. The van der Waals surface area contributed by atoms with Crippen molar-refractivity contribution in [1.29, 1.82) is 5.26 Å². The monoisotopic (exact) mass is 180 g/mol. The molecule has 1 unspecified atom stereocenters. The van der Waals surface area contributed by atoms with Crippen LogP contribution in [0.5, 0.6) is 0 Å². The Morgan fingerprint density at radius 3 is 2.62 bits per heavy atom. The number of carbonyl (C=O) groups excluding carboxylic acids is 1. The first-order valence-corrected chi connectivity index (χ1v) is 4.81. The maximum atomic E-state index is 11.2. The van der Waals surface area contributed by atoms with Crippen LogP contribution in [0.4, 0.5) is 0 Å². The number of amides is 1. The van der Waals surface area contributed by atoms with Crippen LogP contribution in [0, 0.1) is 23.2 Å². The first-order valence-electron chi connectivity index (χ1n) is 4.81. The highest BCUT2D eigenvalue weighted by atomic mass is 16.1. The summed E-state index contributed by atoms with van der Waals surface area (Å²) < 4.78 is 0. The van der Waals surface area contributed by atoms with Crippen LogP contribution in [0.15, 0.2) is 0 Å². The van der Waals surface area contributed by atoms with E-state index in [0.29, 0.717) is 11.8 Å².